The van der Waals surface area contributed by atoms with Crippen molar-refractivity contribution in [3.05, 3.63) is 29.3 Å². The summed E-state index contributed by atoms with van der Waals surface area (Å²) in [5.41, 5.74) is 1.53. The second kappa shape index (κ2) is 7.94. The molecule has 22 heavy (non-hydrogen) atoms. The Kier molecular flexibility index (Phi) is 6.56. The number of nitrogens with one attached hydrogen (secondary N) is 1. The van der Waals surface area contributed by atoms with E-state index >= 15 is 0 Å². The van der Waals surface area contributed by atoms with Gasteiger partial charge in [0, 0.05) is 20.0 Å². The normalized spacial score (nSPS) is 11.1. The van der Waals surface area contributed by atoms with Crippen molar-refractivity contribution < 1.29 is 19.1 Å². The van der Waals surface area contributed by atoms with E-state index in [1.54, 1.807) is 6.07 Å². The predicted molar refractivity (Wildman–Crippen MR) is 84.7 cm³/mol. The van der Waals surface area contributed by atoms with Crippen molar-refractivity contribution in [3.63, 3.8) is 0 Å². The van der Waals surface area contributed by atoms with Gasteiger partial charge in [0.1, 0.15) is 11.4 Å². The summed E-state index contributed by atoms with van der Waals surface area (Å²) in [7, 11) is 0. The molecular formula is C17H25NO4. The molecule has 0 saturated carbocycles. The van der Waals surface area contributed by atoms with Gasteiger partial charge in [-0.1, -0.05) is 12.1 Å². The van der Waals surface area contributed by atoms with Gasteiger partial charge in [-0.15, -0.1) is 0 Å². The Balaban J connectivity index is 2.38. The van der Waals surface area contributed by atoms with E-state index in [1.807, 2.05) is 39.8 Å². The lowest BCUT2D eigenvalue weighted by Crippen LogP contribution is -2.26. The molecule has 0 amide bonds. The van der Waals surface area contributed by atoms with Crippen molar-refractivity contribution >= 4 is 11.9 Å². The molecule has 1 aromatic rings. The number of ether oxygens (including phenoxy) is 2. The minimum absolute atomic E-state index is 0.207. The van der Waals surface area contributed by atoms with Crippen LogP contribution >= 0.6 is 0 Å². The number of carbonyl (C=O) groups is 2. The van der Waals surface area contributed by atoms with Crippen molar-refractivity contribution in [2.24, 2.45) is 0 Å². The first-order chi connectivity index (χ1) is 10.2. The molecule has 0 aliphatic carbocycles. The topological polar surface area (TPSA) is 64.6 Å². The molecule has 0 heterocycles. The SMILES string of the molecule is CC(=O)Oc1ccc(CNCCC(=O)OC(C)(C)C)cc1C. The molecule has 5 nitrogen and oxygen atoms in total. The Morgan fingerprint density at radius 1 is 1.23 bits per heavy atom. The highest BCUT2D eigenvalue weighted by atomic mass is 16.6. The van der Waals surface area contributed by atoms with Gasteiger partial charge in [0.15, 0.2) is 0 Å². The highest BCUT2D eigenvalue weighted by Crippen LogP contribution is 2.19. The highest BCUT2D eigenvalue weighted by molar-refractivity contribution is 5.70. The number of esters is 2. The fourth-order valence-corrected chi connectivity index (χ4v) is 1.91. The van der Waals surface area contributed by atoms with Crippen LogP contribution in [0.4, 0.5) is 0 Å². The van der Waals surface area contributed by atoms with Gasteiger partial charge in [0.05, 0.1) is 6.42 Å². The first-order valence-corrected chi connectivity index (χ1v) is 7.38. The Bertz CT molecular complexity index is 532. The molecule has 1 aromatic carbocycles. The van der Waals surface area contributed by atoms with E-state index in [4.69, 9.17) is 9.47 Å². The third-order valence-corrected chi connectivity index (χ3v) is 2.75. The predicted octanol–water partition coefficient (Wildman–Crippen LogP) is 2.74. The van der Waals surface area contributed by atoms with Crippen molar-refractivity contribution in [1.29, 1.82) is 0 Å². The molecule has 0 aromatic heterocycles. The summed E-state index contributed by atoms with van der Waals surface area (Å²) < 4.78 is 10.3. The lowest BCUT2D eigenvalue weighted by Gasteiger charge is -2.19. The van der Waals surface area contributed by atoms with E-state index in [0.717, 1.165) is 11.1 Å². The van der Waals surface area contributed by atoms with Crippen LogP contribution < -0.4 is 10.1 Å². The highest BCUT2D eigenvalue weighted by Gasteiger charge is 2.15. The number of carbonyl (C=O) groups excluding carboxylic acids is 2. The standard InChI is InChI=1S/C17H25NO4/c1-12-10-14(6-7-15(12)21-13(2)19)11-18-9-8-16(20)22-17(3,4)5/h6-7,10,18H,8-9,11H2,1-5H3. The van der Waals surface area contributed by atoms with Gasteiger partial charge in [-0.05, 0) is 44.9 Å². The molecule has 0 spiro atoms. The molecule has 0 atom stereocenters. The van der Waals surface area contributed by atoms with E-state index < -0.39 is 5.60 Å². The lowest BCUT2D eigenvalue weighted by atomic mass is 10.1. The smallest absolute Gasteiger partial charge is 0.308 e. The molecule has 0 aliphatic heterocycles. The van der Waals surface area contributed by atoms with E-state index in [-0.39, 0.29) is 11.9 Å². The van der Waals surface area contributed by atoms with Gasteiger partial charge >= 0.3 is 11.9 Å². The van der Waals surface area contributed by atoms with Crippen LogP contribution in [0.25, 0.3) is 0 Å². The number of benzene rings is 1. The number of hydrogen-bond donors (Lipinski definition) is 1. The number of aryl methyl sites for hydroxylation is 1. The zero-order chi connectivity index (χ0) is 16.8. The third kappa shape index (κ3) is 7.22. The average Bonchev–Trinajstić information content (AvgIpc) is 2.35. The Morgan fingerprint density at radius 3 is 2.45 bits per heavy atom. The summed E-state index contributed by atoms with van der Waals surface area (Å²) in [6.07, 6.45) is 0.335. The average molecular weight is 307 g/mol. The molecular weight excluding hydrogens is 282 g/mol. The van der Waals surface area contributed by atoms with Gasteiger partial charge in [0.25, 0.3) is 0 Å². The third-order valence-electron chi connectivity index (χ3n) is 2.75. The second-order valence-electron chi connectivity index (χ2n) is 6.21. The van der Waals surface area contributed by atoms with Crippen molar-refractivity contribution in [2.75, 3.05) is 6.54 Å². The molecule has 5 heteroatoms. The first kappa shape index (κ1) is 18.2. The minimum Gasteiger partial charge on any atom is -0.460 e. The van der Waals surface area contributed by atoms with Crippen LogP contribution in [0.1, 0.15) is 45.2 Å². The van der Waals surface area contributed by atoms with Crippen molar-refractivity contribution in [1.82, 2.24) is 5.32 Å². The molecule has 0 unspecified atom stereocenters. The molecule has 1 N–H and O–H groups in total. The molecule has 0 bridgehead atoms. The molecule has 0 aliphatic rings. The zero-order valence-corrected chi connectivity index (χ0v) is 14.0. The summed E-state index contributed by atoms with van der Waals surface area (Å²) in [4.78, 5) is 22.5. The molecule has 1 rings (SSSR count). The summed E-state index contributed by atoms with van der Waals surface area (Å²) in [6, 6.07) is 5.63. The summed E-state index contributed by atoms with van der Waals surface area (Å²) in [6.45, 7) is 10.0. The quantitative estimate of drug-likeness (QED) is 0.497. The Morgan fingerprint density at radius 2 is 1.91 bits per heavy atom. The van der Waals surface area contributed by atoms with E-state index in [2.05, 4.69) is 5.32 Å². The van der Waals surface area contributed by atoms with Crippen LogP contribution in [0.2, 0.25) is 0 Å². The number of hydrogen-bond acceptors (Lipinski definition) is 5. The molecule has 0 radical (unpaired) electrons. The van der Waals surface area contributed by atoms with Gasteiger partial charge in [0.2, 0.25) is 0 Å². The van der Waals surface area contributed by atoms with Crippen LogP contribution in [0.5, 0.6) is 5.75 Å². The maximum absolute atomic E-state index is 11.6. The van der Waals surface area contributed by atoms with E-state index in [1.165, 1.54) is 6.92 Å². The maximum atomic E-state index is 11.6. The number of rotatable bonds is 6. The Labute approximate surface area is 132 Å². The first-order valence-electron chi connectivity index (χ1n) is 7.38. The second-order valence-corrected chi connectivity index (χ2v) is 6.21. The maximum Gasteiger partial charge on any atom is 0.308 e. The fourth-order valence-electron chi connectivity index (χ4n) is 1.91. The van der Waals surface area contributed by atoms with Gasteiger partial charge < -0.3 is 14.8 Å². The van der Waals surface area contributed by atoms with Crippen LogP contribution in [-0.4, -0.2) is 24.1 Å². The molecule has 0 fully saturated rings. The van der Waals surface area contributed by atoms with E-state index in [0.29, 0.717) is 25.3 Å². The monoisotopic (exact) mass is 307 g/mol. The summed E-state index contributed by atoms with van der Waals surface area (Å²) >= 11 is 0. The van der Waals surface area contributed by atoms with Gasteiger partial charge in [-0.25, -0.2) is 0 Å². The molecule has 122 valence electrons. The summed E-state index contributed by atoms with van der Waals surface area (Å²) in [5.74, 6) is 0.0396. The van der Waals surface area contributed by atoms with Crippen LogP contribution in [0, 0.1) is 6.92 Å². The van der Waals surface area contributed by atoms with Crippen molar-refractivity contribution in [3.8, 4) is 5.75 Å². The van der Waals surface area contributed by atoms with Crippen LogP contribution in [-0.2, 0) is 20.9 Å². The Hall–Kier alpha value is -1.88. The zero-order valence-electron chi connectivity index (χ0n) is 14.0. The van der Waals surface area contributed by atoms with E-state index in [9.17, 15) is 9.59 Å². The lowest BCUT2D eigenvalue weighted by molar-refractivity contribution is -0.154. The van der Waals surface area contributed by atoms with Crippen LogP contribution in [0.3, 0.4) is 0 Å². The molecule has 0 saturated heterocycles. The van der Waals surface area contributed by atoms with Crippen molar-refractivity contribution in [2.45, 2.75) is 53.2 Å². The van der Waals surface area contributed by atoms with Gasteiger partial charge in [-0.3, -0.25) is 9.59 Å². The van der Waals surface area contributed by atoms with Gasteiger partial charge in [-0.2, -0.15) is 0 Å². The fraction of sp³-hybridized carbons (Fsp3) is 0.529. The largest absolute Gasteiger partial charge is 0.460 e. The van der Waals surface area contributed by atoms with Crippen LogP contribution in [0.15, 0.2) is 18.2 Å². The summed E-state index contributed by atoms with van der Waals surface area (Å²) in [5, 5.41) is 3.20. The minimum atomic E-state index is -0.444.